The molecule has 0 saturated carbocycles. The zero-order valence-electron chi connectivity index (χ0n) is 7.56. The summed E-state index contributed by atoms with van der Waals surface area (Å²) >= 11 is 12.4. The van der Waals surface area contributed by atoms with Crippen molar-refractivity contribution in [3.05, 3.63) is 33.8 Å². The average molecular weight is 340 g/mol. The predicted octanol–water partition coefficient (Wildman–Crippen LogP) is 4.15. The highest BCUT2D eigenvalue weighted by Gasteiger charge is 2.15. The summed E-state index contributed by atoms with van der Waals surface area (Å²) in [5.74, 6) is 0.411. The summed E-state index contributed by atoms with van der Waals surface area (Å²) in [5, 5.41) is 0. The van der Waals surface area contributed by atoms with Crippen molar-refractivity contribution in [2.75, 3.05) is 0 Å². The van der Waals surface area contributed by atoms with Crippen LogP contribution in [0.2, 0.25) is 0 Å². The Labute approximate surface area is 105 Å². The highest BCUT2D eigenvalue weighted by molar-refractivity contribution is 9.10. The summed E-state index contributed by atoms with van der Waals surface area (Å²) in [6, 6.07) is 5.51. The molecule has 4 heteroatoms. The first-order valence-electron chi connectivity index (χ1n) is 4.09. The molecule has 0 fully saturated rings. The molecule has 1 nitrogen and oxygen atoms in total. The van der Waals surface area contributed by atoms with Gasteiger partial charge >= 0.3 is 0 Å². The number of hydrogen-bond acceptors (Lipinski definition) is 1. The van der Waals surface area contributed by atoms with Crippen LogP contribution >= 0.6 is 43.5 Å². The number of rotatable bonds is 3. The summed E-state index contributed by atoms with van der Waals surface area (Å²) in [6.45, 7) is 1.81. The van der Waals surface area contributed by atoms with Crippen LogP contribution in [0.3, 0.4) is 0 Å². The summed E-state index contributed by atoms with van der Waals surface area (Å²) in [4.78, 5) is 11.5. The van der Waals surface area contributed by atoms with Crippen molar-refractivity contribution in [1.82, 2.24) is 0 Å². The molecule has 0 aliphatic heterocycles. The molecular weight excluding hydrogens is 331 g/mol. The fraction of sp³-hybridized carbons (Fsp3) is 0.300. The summed E-state index contributed by atoms with van der Waals surface area (Å²) in [7, 11) is 0. The van der Waals surface area contributed by atoms with Gasteiger partial charge in [-0.3, -0.25) is 4.79 Å². The Balaban J connectivity index is 3.14. The van der Waals surface area contributed by atoms with E-state index in [2.05, 4.69) is 31.9 Å². The normalized spacial score (nSPS) is 12.6. The van der Waals surface area contributed by atoms with E-state index in [1.807, 2.05) is 19.1 Å². The molecule has 0 aliphatic carbocycles. The van der Waals surface area contributed by atoms with E-state index >= 15 is 0 Å². The van der Waals surface area contributed by atoms with Gasteiger partial charge in [0.25, 0.3) is 0 Å². The van der Waals surface area contributed by atoms with Crippen molar-refractivity contribution < 1.29 is 4.79 Å². The van der Waals surface area contributed by atoms with Crippen molar-refractivity contribution in [2.45, 2.75) is 17.6 Å². The maximum Gasteiger partial charge on any atom is 0.176 e. The fourth-order valence-corrected chi connectivity index (χ4v) is 2.00. The topological polar surface area (TPSA) is 17.1 Å². The van der Waals surface area contributed by atoms with Crippen LogP contribution in [0.4, 0.5) is 0 Å². The molecule has 0 heterocycles. The van der Waals surface area contributed by atoms with Gasteiger partial charge in [0.05, 0.1) is 4.83 Å². The number of carbonyl (C=O) groups excluding carboxylic acids is 1. The molecule has 1 aromatic rings. The van der Waals surface area contributed by atoms with Gasteiger partial charge in [0, 0.05) is 15.9 Å². The lowest BCUT2D eigenvalue weighted by Gasteiger charge is -2.08. The SMILES string of the molecule is CC(Br)C(=O)c1ccc(Br)cc1CCl. The summed E-state index contributed by atoms with van der Waals surface area (Å²) in [6.07, 6.45) is 0. The molecule has 0 aromatic heterocycles. The van der Waals surface area contributed by atoms with E-state index in [-0.39, 0.29) is 10.6 Å². The van der Waals surface area contributed by atoms with Crippen LogP contribution in [0, 0.1) is 0 Å². The molecule has 1 atom stereocenters. The standard InChI is InChI=1S/C10H9Br2ClO/c1-6(11)10(14)9-3-2-8(12)4-7(9)5-13/h2-4,6H,5H2,1H3. The molecule has 0 spiro atoms. The van der Waals surface area contributed by atoms with Gasteiger partial charge in [0.15, 0.2) is 5.78 Å². The van der Waals surface area contributed by atoms with Crippen molar-refractivity contribution in [3.63, 3.8) is 0 Å². The first kappa shape index (κ1) is 12.2. The maximum atomic E-state index is 11.7. The Bertz CT molecular complexity index is 350. The zero-order chi connectivity index (χ0) is 10.7. The Morgan fingerprint density at radius 2 is 2.21 bits per heavy atom. The number of carbonyl (C=O) groups is 1. The van der Waals surface area contributed by atoms with Gasteiger partial charge in [-0.05, 0) is 30.7 Å². The minimum Gasteiger partial charge on any atom is -0.293 e. The van der Waals surface area contributed by atoms with Gasteiger partial charge in [0.1, 0.15) is 0 Å². The summed E-state index contributed by atoms with van der Waals surface area (Å²) < 4.78 is 0.937. The van der Waals surface area contributed by atoms with Crippen LogP contribution < -0.4 is 0 Å². The Hall–Kier alpha value is 0.140. The van der Waals surface area contributed by atoms with Crippen molar-refractivity contribution >= 4 is 49.2 Å². The van der Waals surface area contributed by atoms with Crippen molar-refractivity contribution in [3.8, 4) is 0 Å². The van der Waals surface area contributed by atoms with Gasteiger partial charge in [-0.25, -0.2) is 0 Å². The second-order valence-electron chi connectivity index (χ2n) is 2.92. The van der Waals surface area contributed by atoms with Crippen LogP contribution in [-0.4, -0.2) is 10.6 Å². The number of ketones is 1. The fourth-order valence-electron chi connectivity index (χ4n) is 1.13. The van der Waals surface area contributed by atoms with Crippen LogP contribution in [0.25, 0.3) is 0 Å². The van der Waals surface area contributed by atoms with Crippen molar-refractivity contribution in [1.29, 1.82) is 0 Å². The zero-order valence-corrected chi connectivity index (χ0v) is 11.5. The molecular formula is C10H9Br2ClO. The third-order valence-corrected chi connectivity index (χ3v) is 3.04. The van der Waals surface area contributed by atoms with E-state index in [1.165, 1.54) is 0 Å². The van der Waals surface area contributed by atoms with E-state index < -0.39 is 0 Å². The third kappa shape index (κ3) is 2.81. The second kappa shape index (κ2) is 5.29. The van der Waals surface area contributed by atoms with Gasteiger partial charge < -0.3 is 0 Å². The molecule has 76 valence electrons. The van der Waals surface area contributed by atoms with Crippen LogP contribution in [-0.2, 0) is 5.88 Å². The average Bonchev–Trinajstić information content (AvgIpc) is 2.16. The molecule has 0 aliphatic rings. The Morgan fingerprint density at radius 3 is 2.71 bits per heavy atom. The van der Waals surface area contributed by atoms with E-state index in [0.29, 0.717) is 11.4 Å². The molecule has 0 N–H and O–H groups in total. The van der Waals surface area contributed by atoms with Crippen LogP contribution in [0.1, 0.15) is 22.8 Å². The Morgan fingerprint density at radius 1 is 1.57 bits per heavy atom. The third-order valence-electron chi connectivity index (χ3n) is 1.84. The van der Waals surface area contributed by atoms with E-state index in [0.717, 1.165) is 10.0 Å². The van der Waals surface area contributed by atoms with Crippen LogP contribution in [0.15, 0.2) is 22.7 Å². The second-order valence-corrected chi connectivity index (χ2v) is 5.47. The predicted molar refractivity (Wildman–Crippen MR) is 66.4 cm³/mol. The first-order valence-corrected chi connectivity index (χ1v) is 6.33. The first-order chi connectivity index (χ1) is 6.56. The maximum absolute atomic E-state index is 11.7. The lowest BCUT2D eigenvalue weighted by molar-refractivity contribution is 0.0995. The highest BCUT2D eigenvalue weighted by Crippen LogP contribution is 2.21. The molecule has 0 saturated heterocycles. The minimum atomic E-state index is -0.175. The lowest BCUT2D eigenvalue weighted by Crippen LogP contribution is -2.12. The molecule has 0 bridgehead atoms. The van der Waals surface area contributed by atoms with Gasteiger partial charge in [-0.1, -0.05) is 31.9 Å². The van der Waals surface area contributed by atoms with Crippen molar-refractivity contribution in [2.24, 2.45) is 0 Å². The molecule has 1 rings (SSSR count). The lowest BCUT2D eigenvalue weighted by atomic mass is 10.0. The summed E-state index contributed by atoms with van der Waals surface area (Å²) in [5.41, 5.74) is 1.55. The molecule has 1 unspecified atom stereocenters. The van der Waals surface area contributed by atoms with E-state index in [9.17, 15) is 4.79 Å². The number of alkyl halides is 2. The largest absolute Gasteiger partial charge is 0.293 e. The molecule has 14 heavy (non-hydrogen) atoms. The number of halogens is 3. The van der Waals surface area contributed by atoms with Gasteiger partial charge in [0.2, 0.25) is 0 Å². The smallest absolute Gasteiger partial charge is 0.176 e. The quantitative estimate of drug-likeness (QED) is 0.597. The van der Waals surface area contributed by atoms with Gasteiger partial charge in [-0.2, -0.15) is 0 Å². The molecule has 1 aromatic carbocycles. The number of Topliss-reactive ketones (excluding diaryl/α,β-unsaturated/α-hetero) is 1. The van der Waals surface area contributed by atoms with Crippen LogP contribution in [0.5, 0.6) is 0 Å². The monoisotopic (exact) mass is 338 g/mol. The van der Waals surface area contributed by atoms with E-state index in [1.54, 1.807) is 6.07 Å². The molecule has 0 radical (unpaired) electrons. The highest BCUT2D eigenvalue weighted by atomic mass is 79.9. The molecule has 0 amide bonds. The minimum absolute atomic E-state index is 0.0631. The number of benzene rings is 1. The number of hydrogen-bond donors (Lipinski definition) is 0. The van der Waals surface area contributed by atoms with Gasteiger partial charge in [-0.15, -0.1) is 11.6 Å². The Kier molecular flexibility index (Phi) is 4.61. The van der Waals surface area contributed by atoms with E-state index in [4.69, 9.17) is 11.6 Å².